The number of furan rings is 1. The molecule has 2 rings (SSSR count). The number of rotatable bonds is 7. The van der Waals surface area contributed by atoms with Crippen LogP contribution in [0, 0.1) is 0 Å². The Labute approximate surface area is 123 Å². The molecule has 0 aliphatic carbocycles. The van der Waals surface area contributed by atoms with Crippen molar-refractivity contribution in [1.82, 2.24) is 5.32 Å². The molecule has 0 fully saturated rings. The molecule has 0 radical (unpaired) electrons. The van der Waals surface area contributed by atoms with Crippen LogP contribution in [-0.4, -0.2) is 19.6 Å². The Morgan fingerprint density at radius 1 is 1.14 bits per heavy atom. The predicted octanol–water partition coefficient (Wildman–Crippen LogP) is 3.01. The molecular weight excluding hydrogens is 270 g/mol. The predicted molar refractivity (Wildman–Crippen MR) is 78.7 cm³/mol. The van der Waals surface area contributed by atoms with Gasteiger partial charge in [0.05, 0.1) is 7.11 Å². The lowest BCUT2D eigenvalue weighted by molar-refractivity contribution is 0.0922. The molecule has 1 amide bonds. The maximum absolute atomic E-state index is 11.7. The molecule has 0 saturated heterocycles. The molecule has 1 aromatic carbocycles. The summed E-state index contributed by atoms with van der Waals surface area (Å²) in [7, 11) is 1.61. The van der Waals surface area contributed by atoms with Crippen molar-refractivity contribution in [1.29, 1.82) is 0 Å². The van der Waals surface area contributed by atoms with Gasteiger partial charge in [-0.2, -0.15) is 0 Å². The molecule has 5 heteroatoms. The molecule has 0 aliphatic heterocycles. The highest BCUT2D eigenvalue weighted by Gasteiger charge is 2.10. The van der Waals surface area contributed by atoms with Gasteiger partial charge in [0.2, 0.25) is 0 Å². The summed E-state index contributed by atoms with van der Waals surface area (Å²) in [6.45, 7) is 2.90. The number of ether oxygens (including phenoxy) is 2. The number of carbonyl (C=O) groups excluding carboxylic acids is 1. The van der Waals surface area contributed by atoms with Gasteiger partial charge < -0.3 is 19.2 Å². The number of amides is 1. The minimum absolute atomic E-state index is 0.201. The van der Waals surface area contributed by atoms with Crippen LogP contribution in [0.5, 0.6) is 11.5 Å². The molecular formula is C16H19NO4. The molecule has 21 heavy (non-hydrogen) atoms. The van der Waals surface area contributed by atoms with Crippen LogP contribution in [0.2, 0.25) is 0 Å². The van der Waals surface area contributed by atoms with Gasteiger partial charge in [0.15, 0.2) is 5.76 Å². The fraction of sp³-hybridized carbons (Fsp3) is 0.312. The normalized spacial score (nSPS) is 10.2. The van der Waals surface area contributed by atoms with Crippen LogP contribution in [-0.2, 0) is 6.61 Å². The first-order chi connectivity index (χ1) is 10.2. The zero-order valence-electron chi connectivity index (χ0n) is 12.2. The van der Waals surface area contributed by atoms with Crippen LogP contribution in [0.3, 0.4) is 0 Å². The molecule has 0 spiro atoms. The van der Waals surface area contributed by atoms with E-state index in [2.05, 4.69) is 5.32 Å². The third kappa shape index (κ3) is 4.27. The number of nitrogens with one attached hydrogen (secondary N) is 1. The lowest BCUT2D eigenvalue weighted by atomic mass is 10.3. The quantitative estimate of drug-likeness (QED) is 0.851. The first kappa shape index (κ1) is 15.0. The van der Waals surface area contributed by atoms with Crippen molar-refractivity contribution in [3.63, 3.8) is 0 Å². The Balaban J connectivity index is 1.88. The Bertz CT molecular complexity index is 574. The van der Waals surface area contributed by atoms with Crippen LogP contribution in [0.25, 0.3) is 0 Å². The molecule has 1 aromatic heterocycles. The minimum Gasteiger partial charge on any atom is -0.497 e. The van der Waals surface area contributed by atoms with E-state index >= 15 is 0 Å². The molecule has 0 aliphatic rings. The summed E-state index contributed by atoms with van der Waals surface area (Å²) in [4.78, 5) is 11.7. The summed E-state index contributed by atoms with van der Waals surface area (Å²) in [6.07, 6.45) is 0.889. The van der Waals surface area contributed by atoms with Gasteiger partial charge in [-0.15, -0.1) is 0 Å². The summed E-state index contributed by atoms with van der Waals surface area (Å²) in [6, 6.07) is 10.7. The van der Waals surface area contributed by atoms with Gasteiger partial charge in [-0.05, 0) is 42.8 Å². The van der Waals surface area contributed by atoms with Gasteiger partial charge in [-0.1, -0.05) is 6.92 Å². The number of methoxy groups -OCH3 is 1. The van der Waals surface area contributed by atoms with Gasteiger partial charge in [0.25, 0.3) is 5.91 Å². The van der Waals surface area contributed by atoms with Crippen molar-refractivity contribution in [3.8, 4) is 11.5 Å². The SMILES string of the molecule is CCCNC(=O)c1ccc(COc2ccc(OC)cc2)o1. The highest BCUT2D eigenvalue weighted by atomic mass is 16.5. The average Bonchev–Trinajstić information content (AvgIpc) is 3.00. The van der Waals surface area contributed by atoms with Crippen LogP contribution in [0.15, 0.2) is 40.8 Å². The number of hydrogen-bond acceptors (Lipinski definition) is 4. The molecule has 2 aromatic rings. The van der Waals surface area contributed by atoms with Crippen molar-refractivity contribution < 1.29 is 18.7 Å². The molecule has 1 N–H and O–H groups in total. The smallest absolute Gasteiger partial charge is 0.286 e. The second-order valence-corrected chi connectivity index (χ2v) is 4.49. The Morgan fingerprint density at radius 2 is 1.86 bits per heavy atom. The maximum atomic E-state index is 11.7. The minimum atomic E-state index is -0.201. The van der Waals surface area contributed by atoms with Crippen molar-refractivity contribution in [3.05, 3.63) is 47.9 Å². The van der Waals surface area contributed by atoms with E-state index in [1.165, 1.54) is 0 Å². The van der Waals surface area contributed by atoms with Gasteiger partial charge in [-0.25, -0.2) is 0 Å². The Hall–Kier alpha value is -2.43. The highest BCUT2D eigenvalue weighted by molar-refractivity contribution is 5.91. The summed E-state index contributed by atoms with van der Waals surface area (Å²) < 4.78 is 16.1. The van der Waals surface area contributed by atoms with E-state index in [4.69, 9.17) is 13.9 Å². The molecule has 0 atom stereocenters. The monoisotopic (exact) mass is 289 g/mol. The van der Waals surface area contributed by atoms with Crippen LogP contribution < -0.4 is 14.8 Å². The highest BCUT2D eigenvalue weighted by Crippen LogP contribution is 2.18. The topological polar surface area (TPSA) is 60.7 Å². The lowest BCUT2D eigenvalue weighted by Gasteiger charge is -2.05. The molecule has 0 unspecified atom stereocenters. The van der Waals surface area contributed by atoms with Gasteiger partial charge in [0, 0.05) is 6.54 Å². The number of benzene rings is 1. The number of hydrogen-bond donors (Lipinski definition) is 1. The summed E-state index contributed by atoms with van der Waals surface area (Å²) in [5.74, 6) is 2.19. The summed E-state index contributed by atoms with van der Waals surface area (Å²) >= 11 is 0. The second kappa shape index (κ2) is 7.38. The maximum Gasteiger partial charge on any atom is 0.286 e. The van der Waals surface area contributed by atoms with E-state index < -0.39 is 0 Å². The zero-order chi connectivity index (χ0) is 15.1. The van der Waals surface area contributed by atoms with Gasteiger partial charge in [-0.3, -0.25) is 4.79 Å². The van der Waals surface area contributed by atoms with Crippen LogP contribution in [0.1, 0.15) is 29.7 Å². The van der Waals surface area contributed by atoms with Crippen LogP contribution in [0.4, 0.5) is 0 Å². The van der Waals surface area contributed by atoms with Crippen molar-refractivity contribution in [2.45, 2.75) is 20.0 Å². The van der Waals surface area contributed by atoms with E-state index in [0.29, 0.717) is 23.8 Å². The second-order valence-electron chi connectivity index (χ2n) is 4.49. The van der Waals surface area contributed by atoms with E-state index in [9.17, 15) is 4.79 Å². The average molecular weight is 289 g/mol. The fourth-order valence-corrected chi connectivity index (χ4v) is 1.73. The molecule has 1 heterocycles. The van der Waals surface area contributed by atoms with Crippen LogP contribution >= 0.6 is 0 Å². The van der Waals surface area contributed by atoms with E-state index in [1.807, 2.05) is 31.2 Å². The third-order valence-electron chi connectivity index (χ3n) is 2.86. The molecule has 0 saturated carbocycles. The molecule has 0 bridgehead atoms. The lowest BCUT2D eigenvalue weighted by Crippen LogP contribution is -2.23. The molecule has 112 valence electrons. The Kier molecular flexibility index (Phi) is 5.26. The van der Waals surface area contributed by atoms with E-state index in [1.54, 1.807) is 19.2 Å². The Morgan fingerprint density at radius 3 is 2.52 bits per heavy atom. The first-order valence-electron chi connectivity index (χ1n) is 6.86. The van der Waals surface area contributed by atoms with Crippen molar-refractivity contribution in [2.24, 2.45) is 0 Å². The van der Waals surface area contributed by atoms with E-state index in [-0.39, 0.29) is 12.5 Å². The van der Waals surface area contributed by atoms with Gasteiger partial charge >= 0.3 is 0 Å². The molecule has 5 nitrogen and oxygen atoms in total. The third-order valence-corrected chi connectivity index (χ3v) is 2.86. The van der Waals surface area contributed by atoms with E-state index in [0.717, 1.165) is 12.2 Å². The largest absolute Gasteiger partial charge is 0.497 e. The standard InChI is InChI=1S/C16H19NO4/c1-3-10-17-16(18)15-9-8-14(21-15)11-20-13-6-4-12(19-2)5-7-13/h4-9H,3,10-11H2,1-2H3,(H,17,18). The zero-order valence-corrected chi connectivity index (χ0v) is 12.2. The van der Waals surface area contributed by atoms with Gasteiger partial charge in [0.1, 0.15) is 23.9 Å². The van der Waals surface area contributed by atoms with Crippen molar-refractivity contribution in [2.75, 3.05) is 13.7 Å². The summed E-state index contributed by atoms with van der Waals surface area (Å²) in [5.41, 5.74) is 0. The number of carbonyl (C=O) groups is 1. The fourth-order valence-electron chi connectivity index (χ4n) is 1.73. The van der Waals surface area contributed by atoms with Crippen molar-refractivity contribution >= 4 is 5.91 Å². The summed E-state index contributed by atoms with van der Waals surface area (Å²) in [5, 5.41) is 2.76. The first-order valence-corrected chi connectivity index (χ1v) is 6.86.